The monoisotopic (exact) mass is 249 g/mol. The van der Waals surface area contributed by atoms with E-state index in [1.807, 2.05) is 18.2 Å². The van der Waals surface area contributed by atoms with Crippen molar-refractivity contribution in [3.63, 3.8) is 0 Å². The molecule has 3 heteroatoms. The van der Waals surface area contributed by atoms with Gasteiger partial charge >= 0.3 is 0 Å². The van der Waals surface area contributed by atoms with Crippen LogP contribution in [-0.2, 0) is 4.74 Å². The smallest absolute Gasteiger partial charge is 0.120 e. The molecule has 3 nitrogen and oxygen atoms in total. The largest absolute Gasteiger partial charge is 0.508 e. The Hall–Kier alpha value is -1.06. The average Bonchev–Trinajstić information content (AvgIpc) is 2.90. The molecule has 1 heterocycles. The lowest BCUT2D eigenvalue weighted by Crippen LogP contribution is -2.36. The molecule has 0 radical (unpaired) electrons. The molecule has 1 aliphatic rings. The molecule has 0 spiro atoms. The zero-order valence-electron chi connectivity index (χ0n) is 11.2. The van der Waals surface area contributed by atoms with Crippen molar-refractivity contribution in [3.05, 3.63) is 29.8 Å². The quantitative estimate of drug-likeness (QED) is 0.843. The van der Waals surface area contributed by atoms with Gasteiger partial charge < -0.3 is 15.2 Å². The Kier molecular flexibility index (Phi) is 4.61. The van der Waals surface area contributed by atoms with Crippen LogP contribution in [0.15, 0.2) is 24.3 Å². The van der Waals surface area contributed by atoms with Gasteiger partial charge in [0.15, 0.2) is 0 Å². The third-order valence-electron chi connectivity index (χ3n) is 3.86. The van der Waals surface area contributed by atoms with Crippen LogP contribution in [-0.4, -0.2) is 24.4 Å². The van der Waals surface area contributed by atoms with Crippen molar-refractivity contribution < 1.29 is 9.84 Å². The van der Waals surface area contributed by atoms with E-state index >= 15 is 0 Å². The summed E-state index contributed by atoms with van der Waals surface area (Å²) in [6.45, 7) is 6.08. The molecule has 18 heavy (non-hydrogen) atoms. The van der Waals surface area contributed by atoms with Crippen LogP contribution < -0.4 is 5.32 Å². The van der Waals surface area contributed by atoms with Gasteiger partial charge in [0, 0.05) is 24.3 Å². The number of phenolic OH excluding ortho intramolecular Hbond substituents is 1. The number of para-hydroxylation sites is 1. The first-order valence-corrected chi connectivity index (χ1v) is 6.84. The first-order chi connectivity index (χ1) is 8.72. The molecule has 100 valence electrons. The summed E-state index contributed by atoms with van der Waals surface area (Å²) < 4.78 is 5.43. The highest BCUT2D eigenvalue weighted by Gasteiger charge is 2.24. The third kappa shape index (κ3) is 3.03. The molecule has 2 N–H and O–H groups in total. The van der Waals surface area contributed by atoms with Crippen LogP contribution in [0.3, 0.4) is 0 Å². The summed E-state index contributed by atoms with van der Waals surface area (Å²) in [4.78, 5) is 0. The lowest BCUT2D eigenvalue weighted by Gasteiger charge is -2.26. The maximum absolute atomic E-state index is 9.93. The Morgan fingerprint density at radius 2 is 2.22 bits per heavy atom. The van der Waals surface area contributed by atoms with Crippen molar-refractivity contribution in [2.24, 2.45) is 5.92 Å². The molecule has 1 fully saturated rings. The van der Waals surface area contributed by atoms with Gasteiger partial charge in [-0.1, -0.05) is 25.1 Å². The normalized spacial score (nSPS) is 22.9. The fourth-order valence-electron chi connectivity index (χ4n) is 2.61. The van der Waals surface area contributed by atoms with Crippen LogP contribution in [0.4, 0.5) is 0 Å². The Bertz CT molecular complexity index is 375. The standard InChI is InChI=1S/C15H23NO2/c1-3-14(13-6-4-5-7-15(13)17)16-11(2)12-8-9-18-10-12/h4-7,11-12,14,16-17H,3,8-10H2,1-2H3. The van der Waals surface area contributed by atoms with Crippen LogP contribution in [0, 0.1) is 5.92 Å². The van der Waals surface area contributed by atoms with E-state index < -0.39 is 0 Å². The summed E-state index contributed by atoms with van der Waals surface area (Å²) in [7, 11) is 0. The van der Waals surface area contributed by atoms with E-state index in [4.69, 9.17) is 4.74 Å². The summed E-state index contributed by atoms with van der Waals surface area (Å²) in [5, 5.41) is 13.6. The first kappa shape index (κ1) is 13.4. The first-order valence-electron chi connectivity index (χ1n) is 6.84. The van der Waals surface area contributed by atoms with Gasteiger partial charge in [0.2, 0.25) is 0 Å². The fourth-order valence-corrected chi connectivity index (χ4v) is 2.61. The van der Waals surface area contributed by atoms with E-state index in [9.17, 15) is 5.11 Å². The lowest BCUT2D eigenvalue weighted by molar-refractivity contribution is 0.176. The van der Waals surface area contributed by atoms with Crippen LogP contribution in [0.5, 0.6) is 5.75 Å². The fraction of sp³-hybridized carbons (Fsp3) is 0.600. The minimum Gasteiger partial charge on any atom is -0.508 e. The Balaban J connectivity index is 2.02. The minimum absolute atomic E-state index is 0.210. The van der Waals surface area contributed by atoms with Crippen molar-refractivity contribution in [2.75, 3.05) is 13.2 Å². The Morgan fingerprint density at radius 3 is 2.83 bits per heavy atom. The molecule has 3 unspecified atom stereocenters. The molecular formula is C15H23NO2. The van der Waals surface area contributed by atoms with Gasteiger partial charge in [-0.15, -0.1) is 0 Å². The average molecular weight is 249 g/mol. The second-order valence-corrected chi connectivity index (χ2v) is 5.10. The van der Waals surface area contributed by atoms with E-state index in [1.54, 1.807) is 6.07 Å². The number of benzene rings is 1. The molecule has 0 amide bonds. The summed E-state index contributed by atoms with van der Waals surface area (Å²) in [6, 6.07) is 8.21. The topological polar surface area (TPSA) is 41.5 Å². The number of phenols is 1. The molecule has 0 aliphatic carbocycles. The van der Waals surface area contributed by atoms with E-state index in [2.05, 4.69) is 19.2 Å². The summed E-state index contributed by atoms with van der Waals surface area (Å²) >= 11 is 0. The van der Waals surface area contributed by atoms with Gasteiger partial charge in [-0.25, -0.2) is 0 Å². The van der Waals surface area contributed by atoms with Gasteiger partial charge in [0.05, 0.1) is 6.61 Å². The number of rotatable bonds is 5. The second kappa shape index (κ2) is 6.21. The molecular weight excluding hydrogens is 226 g/mol. The van der Waals surface area contributed by atoms with Gasteiger partial charge in [0.1, 0.15) is 5.75 Å². The molecule has 0 saturated carbocycles. The molecule has 0 bridgehead atoms. The molecule has 2 rings (SSSR count). The molecule has 1 aliphatic heterocycles. The Labute approximate surface area is 109 Å². The summed E-state index contributed by atoms with van der Waals surface area (Å²) in [5.74, 6) is 0.969. The van der Waals surface area contributed by atoms with Gasteiger partial charge in [0.25, 0.3) is 0 Å². The zero-order chi connectivity index (χ0) is 13.0. The molecule has 0 aromatic heterocycles. The predicted octanol–water partition coefficient (Wildman–Crippen LogP) is 2.86. The summed E-state index contributed by atoms with van der Waals surface area (Å²) in [6.07, 6.45) is 2.10. The van der Waals surface area contributed by atoms with E-state index in [1.165, 1.54) is 0 Å². The number of ether oxygens (including phenoxy) is 1. The molecule has 1 aromatic rings. The SMILES string of the molecule is CCC(NC(C)C1CCOC1)c1ccccc1O. The van der Waals surface area contributed by atoms with E-state index in [-0.39, 0.29) is 6.04 Å². The van der Waals surface area contributed by atoms with Crippen LogP contribution in [0.1, 0.15) is 38.3 Å². The second-order valence-electron chi connectivity index (χ2n) is 5.10. The van der Waals surface area contributed by atoms with E-state index in [0.717, 1.165) is 31.6 Å². The van der Waals surface area contributed by atoms with Crippen molar-refractivity contribution in [1.82, 2.24) is 5.32 Å². The molecule has 3 atom stereocenters. The maximum atomic E-state index is 9.93. The van der Waals surface area contributed by atoms with Crippen molar-refractivity contribution in [2.45, 2.75) is 38.8 Å². The highest BCUT2D eigenvalue weighted by atomic mass is 16.5. The van der Waals surface area contributed by atoms with E-state index in [0.29, 0.717) is 17.7 Å². The Morgan fingerprint density at radius 1 is 1.44 bits per heavy atom. The van der Waals surface area contributed by atoms with Crippen LogP contribution in [0.25, 0.3) is 0 Å². The number of aromatic hydroxyl groups is 1. The van der Waals surface area contributed by atoms with Crippen LogP contribution >= 0.6 is 0 Å². The lowest BCUT2D eigenvalue weighted by atomic mass is 9.97. The number of hydrogen-bond donors (Lipinski definition) is 2. The zero-order valence-corrected chi connectivity index (χ0v) is 11.2. The van der Waals surface area contributed by atoms with Crippen LogP contribution in [0.2, 0.25) is 0 Å². The van der Waals surface area contributed by atoms with Crippen molar-refractivity contribution in [3.8, 4) is 5.75 Å². The molecule has 1 aromatic carbocycles. The van der Waals surface area contributed by atoms with Crippen molar-refractivity contribution in [1.29, 1.82) is 0 Å². The third-order valence-corrected chi connectivity index (χ3v) is 3.86. The van der Waals surface area contributed by atoms with Gasteiger partial charge in [-0.2, -0.15) is 0 Å². The minimum atomic E-state index is 0.210. The summed E-state index contributed by atoms with van der Waals surface area (Å²) in [5.41, 5.74) is 0.991. The van der Waals surface area contributed by atoms with Crippen molar-refractivity contribution >= 4 is 0 Å². The van der Waals surface area contributed by atoms with Gasteiger partial charge in [-0.05, 0) is 31.7 Å². The predicted molar refractivity (Wildman–Crippen MR) is 72.7 cm³/mol. The van der Waals surface area contributed by atoms with Gasteiger partial charge in [-0.3, -0.25) is 0 Å². The maximum Gasteiger partial charge on any atom is 0.120 e. The number of nitrogens with one attached hydrogen (secondary N) is 1. The molecule has 1 saturated heterocycles. The highest BCUT2D eigenvalue weighted by Crippen LogP contribution is 2.27. The number of hydrogen-bond acceptors (Lipinski definition) is 3. The highest BCUT2D eigenvalue weighted by molar-refractivity contribution is 5.34.